The maximum atomic E-state index is 13.3. The number of nitrogens with one attached hydrogen (secondary N) is 2. The minimum atomic E-state index is -0.734. The van der Waals surface area contributed by atoms with Crippen LogP contribution in [-0.4, -0.2) is 60.5 Å². The molecule has 10 nitrogen and oxygen atoms in total. The van der Waals surface area contributed by atoms with Gasteiger partial charge < -0.3 is 15.4 Å². The summed E-state index contributed by atoms with van der Waals surface area (Å²) in [7, 11) is 0. The molecule has 3 aromatic carbocycles. The molecule has 6 heterocycles. The number of ketones is 3. The first-order valence-corrected chi connectivity index (χ1v) is 24.7. The van der Waals surface area contributed by atoms with E-state index in [0.29, 0.717) is 18.1 Å². The Morgan fingerprint density at radius 2 is 1.03 bits per heavy atom. The molecule has 0 aliphatic carbocycles. The number of rotatable bonds is 9. The third-order valence-corrected chi connectivity index (χ3v) is 14.1. The van der Waals surface area contributed by atoms with Gasteiger partial charge in [0.2, 0.25) is 5.91 Å². The molecule has 0 radical (unpaired) electrons. The molecule has 1 amide bonds. The van der Waals surface area contributed by atoms with Crippen LogP contribution in [0.15, 0.2) is 110 Å². The van der Waals surface area contributed by atoms with Gasteiger partial charge in [-0.15, -0.1) is 0 Å². The summed E-state index contributed by atoms with van der Waals surface area (Å²) >= 11 is 0. The predicted molar refractivity (Wildman–Crippen MR) is 263 cm³/mol. The van der Waals surface area contributed by atoms with Crippen LogP contribution in [0.3, 0.4) is 0 Å². The monoisotopic (exact) mass is 946 g/mol. The lowest BCUT2D eigenvalue weighted by molar-refractivity contribution is -0.137. The van der Waals surface area contributed by atoms with E-state index in [0.717, 1.165) is 96.9 Å². The zero-order valence-electron chi connectivity index (χ0n) is 41.1. The van der Waals surface area contributed by atoms with Gasteiger partial charge >= 0.3 is 0 Å². The molecular weight excluding hydrogens is 880 g/mol. The summed E-state index contributed by atoms with van der Waals surface area (Å²) in [5.74, 6) is 1.23. The fraction of sp³-hybridized carbons (Fsp3) is 0.482. The number of hydrogen-bond acceptors (Lipinski definition) is 9. The summed E-state index contributed by atoms with van der Waals surface area (Å²) in [6, 6.07) is 19.2. The van der Waals surface area contributed by atoms with Crippen LogP contribution >= 0.6 is 0 Å². The molecule has 7 unspecified atom stereocenters. The minimum Gasteiger partial charge on any atom is -0.447 e. The van der Waals surface area contributed by atoms with Crippen molar-refractivity contribution in [1.82, 2.24) is 10.6 Å². The number of hydrogen-bond donors (Lipinski definition) is 2. The normalized spacial score (nSPS) is 25.2. The van der Waals surface area contributed by atoms with Crippen molar-refractivity contribution < 1.29 is 37.1 Å². The van der Waals surface area contributed by atoms with Crippen LogP contribution in [0.5, 0.6) is 0 Å². The van der Waals surface area contributed by atoms with Crippen molar-refractivity contribution in [2.75, 3.05) is 19.6 Å². The zero-order chi connectivity index (χ0) is 49.7. The van der Waals surface area contributed by atoms with Gasteiger partial charge in [0.25, 0.3) is 0 Å². The number of aliphatic imine (C=N–C) groups is 3. The van der Waals surface area contributed by atoms with Gasteiger partial charge in [-0.3, -0.25) is 34.2 Å². The Hall–Kier alpha value is -5.98. The maximum Gasteiger partial charge on any atom is 0.236 e. The third kappa shape index (κ3) is 11.2. The van der Waals surface area contributed by atoms with E-state index in [4.69, 9.17) is 4.74 Å². The molecule has 0 spiro atoms. The number of amidine groups is 2. The second-order valence-electron chi connectivity index (χ2n) is 19.9. The SMILES string of the molecule is CC(=O)C1=C(C(C)C)NC2=NCCCC2C1c1ccc(F)cc1.CC(=O)C1=C(C(C)C)OC2=NCCCC2C1c1ccc(F)cc1.CC(C)C(=O)C1C(=O)NC2=NCCCC2C1c1ccc(F)cc1. The van der Waals surface area contributed by atoms with Crippen LogP contribution in [0, 0.1) is 58.9 Å². The summed E-state index contributed by atoms with van der Waals surface area (Å²) in [4.78, 5) is 63.7. The van der Waals surface area contributed by atoms with Crippen molar-refractivity contribution in [3.05, 3.63) is 130 Å². The number of halogens is 3. The second-order valence-corrected chi connectivity index (χ2v) is 19.9. The number of allylic oxidation sites excluding steroid dienone is 4. The Bertz CT molecular complexity index is 2440. The van der Waals surface area contributed by atoms with Crippen LogP contribution in [0.2, 0.25) is 0 Å². The molecule has 2 N–H and O–H groups in total. The van der Waals surface area contributed by atoms with E-state index in [-0.39, 0.29) is 94.0 Å². The lowest BCUT2D eigenvalue weighted by atomic mass is 9.68. The number of amides is 1. The Morgan fingerprint density at radius 1 is 0.580 bits per heavy atom. The lowest BCUT2D eigenvalue weighted by Gasteiger charge is -2.40. The Balaban J connectivity index is 0.000000153. The fourth-order valence-corrected chi connectivity index (χ4v) is 10.9. The van der Waals surface area contributed by atoms with Gasteiger partial charge in [0.15, 0.2) is 17.5 Å². The number of carbonyl (C=O) groups is 4. The largest absolute Gasteiger partial charge is 0.447 e. The molecule has 0 saturated carbocycles. The summed E-state index contributed by atoms with van der Waals surface area (Å²) in [6.07, 6.45) is 5.75. The standard InChI is InChI=1S/C19H23FN2O.C19H22FNO2.C18H21FN2O2/c1-11(2)18-16(12(3)23)17(13-6-8-14(20)9-7-13)15-5-4-10-21-19(15)22-18;1-11(2)18-16(12(3)22)17(13-6-8-14(20)9-7-13)15-5-4-10-21-19(15)23-18;1-10(2)16(22)15-14(11-5-7-12(19)8-6-11)13-4-3-9-20-17(13)21-18(15)23/h6-9,11,15,17H,4-5,10H2,1-3H3,(H,21,22);6-9,11,15,17H,4-5,10H2,1-3H3;5-8,10,13-15H,3-4,9H2,1-2H3,(H,20,21,23). The number of piperidine rings is 1. The Morgan fingerprint density at radius 3 is 1.51 bits per heavy atom. The fourth-order valence-electron chi connectivity index (χ4n) is 10.9. The van der Waals surface area contributed by atoms with Gasteiger partial charge in [0.05, 0.1) is 0 Å². The molecule has 9 rings (SSSR count). The first-order valence-electron chi connectivity index (χ1n) is 24.7. The van der Waals surface area contributed by atoms with Crippen molar-refractivity contribution in [3.63, 3.8) is 0 Å². The van der Waals surface area contributed by atoms with E-state index in [1.807, 2.05) is 27.7 Å². The number of Topliss-reactive ketones (excluding diaryl/α,β-unsaturated/α-hetero) is 3. The van der Waals surface area contributed by atoms with Crippen LogP contribution in [0.4, 0.5) is 13.2 Å². The molecule has 3 aromatic rings. The van der Waals surface area contributed by atoms with Crippen molar-refractivity contribution in [3.8, 4) is 0 Å². The maximum absolute atomic E-state index is 13.3. The van der Waals surface area contributed by atoms with Crippen molar-refractivity contribution in [2.45, 2.75) is 112 Å². The smallest absolute Gasteiger partial charge is 0.236 e. The zero-order valence-corrected chi connectivity index (χ0v) is 41.1. The highest BCUT2D eigenvalue weighted by Gasteiger charge is 2.48. The van der Waals surface area contributed by atoms with E-state index < -0.39 is 5.92 Å². The van der Waals surface area contributed by atoms with E-state index in [1.165, 1.54) is 36.4 Å². The second kappa shape index (κ2) is 22.2. The van der Waals surface area contributed by atoms with E-state index >= 15 is 0 Å². The molecule has 0 bridgehead atoms. The van der Waals surface area contributed by atoms with Crippen LogP contribution in [0.25, 0.3) is 0 Å². The average molecular weight is 946 g/mol. The molecule has 0 aromatic heterocycles. The summed E-state index contributed by atoms with van der Waals surface area (Å²) in [5, 5.41) is 6.26. The summed E-state index contributed by atoms with van der Waals surface area (Å²) < 4.78 is 46.0. The quantitative estimate of drug-likeness (QED) is 0.205. The molecule has 13 heteroatoms. The summed E-state index contributed by atoms with van der Waals surface area (Å²) in [5.41, 5.74) is 5.30. The van der Waals surface area contributed by atoms with Crippen LogP contribution in [-0.2, 0) is 23.9 Å². The molecule has 366 valence electrons. The molecule has 6 aliphatic heterocycles. The number of fused-ring (bicyclic) bond motifs is 3. The van der Waals surface area contributed by atoms with E-state index in [2.05, 4.69) is 39.5 Å². The van der Waals surface area contributed by atoms with Gasteiger partial charge in [-0.1, -0.05) is 77.9 Å². The third-order valence-electron chi connectivity index (χ3n) is 14.1. The Kier molecular flexibility index (Phi) is 16.4. The van der Waals surface area contributed by atoms with E-state index in [9.17, 15) is 32.3 Å². The van der Waals surface area contributed by atoms with Crippen LogP contribution in [0.1, 0.15) is 128 Å². The van der Waals surface area contributed by atoms with Crippen LogP contribution < -0.4 is 10.6 Å². The average Bonchev–Trinajstić information content (AvgIpc) is 3.33. The summed E-state index contributed by atoms with van der Waals surface area (Å²) in [6.45, 7) is 17.3. The predicted octanol–water partition coefficient (Wildman–Crippen LogP) is 10.8. The minimum absolute atomic E-state index is 0.0135. The molecule has 7 atom stereocenters. The molecule has 1 fully saturated rings. The van der Waals surface area contributed by atoms with Gasteiger partial charge in [0.1, 0.15) is 46.6 Å². The number of benzene rings is 3. The van der Waals surface area contributed by atoms with Gasteiger partial charge in [-0.05, 0) is 111 Å². The molecule has 1 saturated heterocycles. The number of carbonyl (C=O) groups excluding carboxylic acids is 4. The van der Waals surface area contributed by atoms with Crippen molar-refractivity contribution >= 4 is 40.8 Å². The lowest BCUT2D eigenvalue weighted by Crippen LogP contribution is -2.54. The van der Waals surface area contributed by atoms with Gasteiger partial charge in [0, 0.05) is 83.8 Å². The van der Waals surface area contributed by atoms with Gasteiger partial charge in [-0.2, -0.15) is 0 Å². The molecular formula is C56H66F3N5O5. The highest BCUT2D eigenvalue weighted by molar-refractivity contribution is 6.13. The number of ether oxygens (including phenoxy) is 1. The Labute approximate surface area is 404 Å². The van der Waals surface area contributed by atoms with E-state index in [1.54, 1.807) is 50.2 Å². The molecule has 69 heavy (non-hydrogen) atoms. The number of nitrogens with zero attached hydrogens (tertiary/aromatic N) is 3. The first-order chi connectivity index (χ1) is 33.0. The van der Waals surface area contributed by atoms with Gasteiger partial charge in [-0.25, -0.2) is 13.2 Å². The highest BCUT2D eigenvalue weighted by atomic mass is 19.1. The van der Waals surface area contributed by atoms with Crippen molar-refractivity contribution in [1.29, 1.82) is 0 Å². The molecule has 6 aliphatic rings. The first kappa shape index (κ1) is 50.9. The highest BCUT2D eigenvalue weighted by Crippen LogP contribution is 2.46. The topological polar surface area (TPSA) is 139 Å². The van der Waals surface area contributed by atoms with Crippen molar-refractivity contribution in [2.24, 2.45) is 56.4 Å².